The van der Waals surface area contributed by atoms with Gasteiger partial charge in [-0.1, -0.05) is 26.7 Å². The van der Waals surface area contributed by atoms with Crippen LogP contribution in [0.5, 0.6) is 5.75 Å². The van der Waals surface area contributed by atoms with E-state index in [-0.39, 0.29) is 29.0 Å². The second-order valence-electron chi connectivity index (χ2n) is 6.50. The lowest BCUT2D eigenvalue weighted by Gasteiger charge is -2.24. The maximum atomic E-state index is 13.0. The van der Waals surface area contributed by atoms with Gasteiger partial charge in [0.1, 0.15) is 10.6 Å². The van der Waals surface area contributed by atoms with Crippen molar-refractivity contribution < 1.29 is 17.9 Å². The first kappa shape index (κ1) is 23.7. The van der Waals surface area contributed by atoms with Crippen molar-refractivity contribution in [3.8, 4) is 5.75 Å². The zero-order valence-corrected chi connectivity index (χ0v) is 17.8. The third kappa shape index (κ3) is 5.13. The summed E-state index contributed by atoms with van der Waals surface area (Å²) < 4.78 is 32.8. The molecule has 1 saturated carbocycles. The van der Waals surface area contributed by atoms with E-state index < -0.39 is 15.6 Å². The van der Waals surface area contributed by atoms with Crippen LogP contribution in [0.25, 0.3) is 0 Å². The molecular formula is C18H30ClN3O4S. The molecule has 0 heterocycles. The number of hydrogen-bond acceptors (Lipinski definition) is 5. The summed E-state index contributed by atoms with van der Waals surface area (Å²) in [7, 11) is -3.72. The fourth-order valence-corrected chi connectivity index (χ4v) is 4.87. The first-order chi connectivity index (χ1) is 12.3. The minimum Gasteiger partial charge on any atom is -0.492 e. The zero-order chi connectivity index (χ0) is 19.4. The SMILES string of the molecule is CCOc1ccc(NC(=O)C2(N)CCCC2)cc1S(=O)(=O)N(CC)CC.Cl. The molecule has 1 fully saturated rings. The van der Waals surface area contributed by atoms with Crippen molar-refractivity contribution in [3.05, 3.63) is 18.2 Å². The highest BCUT2D eigenvalue weighted by atomic mass is 35.5. The molecule has 3 N–H and O–H groups in total. The van der Waals surface area contributed by atoms with E-state index in [1.807, 2.05) is 0 Å². The number of amides is 1. The Hall–Kier alpha value is -1.35. The molecule has 1 aliphatic rings. The van der Waals surface area contributed by atoms with Crippen LogP contribution in [-0.4, -0.2) is 43.9 Å². The van der Waals surface area contributed by atoms with Gasteiger partial charge in [0.25, 0.3) is 0 Å². The quantitative estimate of drug-likeness (QED) is 0.674. The summed E-state index contributed by atoms with van der Waals surface area (Å²) in [6, 6.07) is 4.67. The van der Waals surface area contributed by atoms with E-state index >= 15 is 0 Å². The monoisotopic (exact) mass is 419 g/mol. The number of nitrogens with two attached hydrogens (primary N) is 1. The molecule has 0 aromatic heterocycles. The molecule has 0 aliphatic heterocycles. The standard InChI is InChI=1S/C18H29N3O4S.ClH/c1-4-21(5-2)26(23,24)16-13-14(9-10-15(16)25-6-3)20-17(22)18(19)11-7-8-12-18;/h9-10,13H,4-8,11-12,19H2,1-3H3,(H,20,22);1H. The number of rotatable bonds is 8. The van der Waals surface area contributed by atoms with Gasteiger partial charge in [-0.2, -0.15) is 4.31 Å². The number of halogens is 1. The van der Waals surface area contributed by atoms with Crippen LogP contribution in [0.3, 0.4) is 0 Å². The van der Waals surface area contributed by atoms with E-state index in [1.54, 1.807) is 32.9 Å². The highest BCUT2D eigenvalue weighted by Gasteiger charge is 2.37. The van der Waals surface area contributed by atoms with Crippen LogP contribution in [-0.2, 0) is 14.8 Å². The molecule has 1 aromatic rings. The van der Waals surface area contributed by atoms with Gasteiger partial charge < -0.3 is 15.8 Å². The van der Waals surface area contributed by atoms with Crippen molar-refractivity contribution in [2.24, 2.45) is 5.73 Å². The van der Waals surface area contributed by atoms with Gasteiger partial charge in [-0.15, -0.1) is 12.4 Å². The number of carbonyl (C=O) groups excluding carboxylic acids is 1. The Labute approximate surface area is 168 Å². The van der Waals surface area contributed by atoms with Gasteiger partial charge in [0.05, 0.1) is 12.1 Å². The van der Waals surface area contributed by atoms with E-state index in [9.17, 15) is 13.2 Å². The highest BCUT2D eigenvalue weighted by Crippen LogP contribution is 2.32. The van der Waals surface area contributed by atoms with Gasteiger partial charge in [0, 0.05) is 18.8 Å². The summed E-state index contributed by atoms with van der Waals surface area (Å²) in [5.74, 6) is 0.00562. The lowest BCUT2D eigenvalue weighted by Crippen LogP contribution is -2.48. The molecule has 27 heavy (non-hydrogen) atoms. The molecule has 0 bridgehead atoms. The Morgan fingerprint density at radius 3 is 2.33 bits per heavy atom. The first-order valence-electron chi connectivity index (χ1n) is 9.15. The predicted octanol–water partition coefficient (Wildman–Crippen LogP) is 2.75. The molecule has 0 spiro atoms. The molecule has 2 rings (SSSR count). The van der Waals surface area contributed by atoms with Crippen LogP contribution < -0.4 is 15.8 Å². The second-order valence-corrected chi connectivity index (χ2v) is 8.41. The summed E-state index contributed by atoms with van der Waals surface area (Å²) in [5, 5.41) is 2.78. The fraction of sp³-hybridized carbons (Fsp3) is 0.611. The van der Waals surface area contributed by atoms with Gasteiger partial charge in [-0.25, -0.2) is 8.42 Å². The van der Waals surface area contributed by atoms with Gasteiger partial charge in [-0.3, -0.25) is 4.79 Å². The van der Waals surface area contributed by atoms with Crippen LogP contribution in [0.4, 0.5) is 5.69 Å². The van der Waals surface area contributed by atoms with E-state index in [0.717, 1.165) is 12.8 Å². The molecule has 7 nitrogen and oxygen atoms in total. The van der Waals surface area contributed by atoms with E-state index in [4.69, 9.17) is 10.5 Å². The maximum Gasteiger partial charge on any atom is 0.246 e. The van der Waals surface area contributed by atoms with Crippen LogP contribution in [0, 0.1) is 0 Å². The Morgan fingerprint density at radius 2 is 1.81 bits per heavy atom. The predicted molar refractivity (Wildman–Crippen MR) is 109 cm³/mol. The van der Waals surface area contributed by atoms with Crippen LogP contribution in [0.1, 0.15) is 46.5 Å². The number of nitrogens with zero attached hydrogens (tertiary/aromatic N) is 1. The average Bonchev–Trinajstić information content (AvgIpc) is 3.05. The third-order valence-electron chi connectivity index (χ3n) is 4.77. The summed E-state index contributed by atoms with van der Waals surface area (Å²) in [6.45, 7) is 6.41. The van der Waals surface area contributed by atoms with Gasteiger partial charge >= 0.3 is 0 Å². The lowest BCUT2D eigenvalue weighted by molar-refractivity contribution is -0.121. The maximum absolute atomic E-state index is 13.0. The lowest BCUT2D eigenvalue weighted by atomic mass is 9.98. The van der Waals surface area contributed by atoms with Gasteiger partial charge in [0.2, 0.25) is 15.9 Å². The van der Waals surface area contributed by atoms with Crippen molar-refractivity contribution in [1.82, 2.24) is 4.31 Å². The summed E-state index contributed by atoms with van der Waals surface area (Å²) >= 11 is 0. The van der Waals surface area contributed by atoms with Crippen molar-refractivity contribution in [2.45, 2.75) is 56.9 Å². The minimum atomic E-state index is -3.72. The van der Waals surface area contributed by atoms with Crippen molar-refractivity contribution in [2.75, 3.05) is 25.0 Å². The zero-order valence-electron chi connectivity index (χ0n) is 16.2. The van der Waals surface area contributed by atoms with Crippen molar-refractivity contribution >= 4 is 34.0 Å². The van der Waals surface area contributed by atoms with Crippen molar-refractivity contribution in [1.29, 1.82) is 0 Å². The smallest absolute Gasteiger partial charge is 0.246 e. The fourth-order valence-electron chi connectivity index (χ4n) is 3.25. The number of anilines is 1. The molecule has 1 aliphatic carbocycles. The number of sulfonamides is 1. The first-order valence-corrected chi connectivity index (χ1v) is 10.6. The number of hydrogen-bond donors (Lipinski definition) is 2. The summed E-state index contributed by atoms with van der Waals surface area (Å²) in [4.78, 5) is 12.6. The minimum absolute atomic E-state index is 0. The number of nitrogens with one attached hydrogen (secondary N) is 1. The van der Waals surface area contributed by atoms with Crippen LogP contribution in [0.2, 0.25) is 0 Å². The van der Waals surface area contributed by atoms with Gasteiger partial charge in [-0.05, 0) is 38.0 Å². The second kappa shape index (κ2) is 9.73. The Kier molecular flexibility index (Phi) is 8.53. The molecule has 0 atom stereocenters. The Morgan fingerprint density at radius 1 is 1.22 bits per heavy atom. The molecule has 154 valence electrons. The third-order valence-corrected chi connectivity index (χ3v) is 6.84. The molecule has 9 heteroatoms. The summed E-state index contributed by atoms with van der Waals surface area (Å²) in [5.41, 5.74) is 5.71. The molecule has 1 amide bonds. The Bertz CT molecular complexity index is 745. The molecule has 0 radical (unpaired) electrons. The van der Waals surface area contributed by atoms with E-state index in [0.29, 0.717) is 38.2 Å². The highest BCUT2D eigenvalue weighted by molar-refractivity contribution is 7.89. The number of benzene rings is 1. The molecule has 0 unspecified atom stereocenters. The van der Waals surface area contributed by atoms with Crippen LogP contribution in [0.15, 0.2) is 23.1 Å². The van der Waals surface area contributed by atoms with Gasteiger partial charge in [0.15, 0.2) is 0 Å². The number of carbonyl (C=O) groups is 1. The van der Waals surface area contributed by atoms with E-state index in [2.05, 4.69) is 5.32 Å². The van der Waals surface area contributed by atoms with Crippen molar-refractivity contribution in [3.63, 3.8) is 0 Å². The number of ether oxygens (including phenoxy) is 1. The normalized spacial score (nSPS) is 16.0. The molecular weight excluding hydrogens is 390 g/mol. The Balaban J connectivity index is 0.00000364. The van der Waals surface area contributed by atoms with E-state index in [1.165, 1.54) is 10.4 Å². The van der Waals surface area contributed by atoms with Crippen LogP contribution >= 0.6 is 12.4 Å². The largest absolute Gasteiger partial charge is 0.492 e. The molecule has 0 saturated heterocycles. The molecule has 1 aromatic carbocycles. The topological polar surface area (TPSA) is 102 Å². The summed E-state index contributed by atoms with van der Waals surface area (Å²) in [6.07, 6.45) is 3.13. The average molecular weight is 420 g/mol.